The van der Waals surface area contributed by atoms with E-state index in [2.05, 4.69) is 29.1 Å². The number of halogens is 1. The second kappa shape index (κ2) is 17.5. The number of carbonyl (C=O) groups excluding carboxylic acids is 4. The molecule has 3 aromatic rings. The monoisotopic (exact) mass is 811 g/mol. The number of likely N-dealkylation sites (tertiary alicyclic amines) is 1. The fourth-order valence-electron chi connectivity index (χ4n) is 8.64. The minimum Gasteiger partial charge on any atom is -0.455 e. The zero-order chi connectivity index (χ0) is 39.3. The number of aliphatic hydroxyl groups is 1. The zero-order valence-electron chi connectivity index (χ0n) is 31.4. The normalized spacial score (nSPS) is 25.4. The second-order valence-electron chi connectivity index (χ2n) is 14.8. The van der Waals surface area contributed by atoms with E-state index in [1.807, 2.05) is 97.9 Å². The van der Waals surface area contributed by atoms with Gasteiger partial charge >= 0.3 is 5.97 Å². The van der Waals surface area contributed by atoms with Crippen molar-refractivity contribution in [1.82, 2.24) is 14.7 Å². The number of alkyl halides is 1. The summed E-state index contributed by atoms with van der Waals surface area (Å²) in [6.07, 6.45) is 3.05. The van der Waals surface area contributed by atoms with E-state index < -0.39 is 66.3 Å². The van der Waals surface area contributed by atoms with E-state index in [-0.39, 0.29) is 42.6 Å². The van der Waals surface area contributed by atoms with Crippen molar-refractivity contribution >= 4 is 39.6 Å². The molecule has 3 heterocycles. The van der Waals surface area contributed by atoms with Crippen molar-refractivity contribution in [2.24, 2.45) is 11.8 Å². The SMILES string of the molecule is C=CCCC(=O)N(C)[C@H](C)[C@H](OC(=O)[C@@H]1[C@H]2O[C@@]3(CC2Br)[C@H](C(=O)N(CC=C)Cc2ccccc2)N([C@@H](CO)Cc2ccccc2)C(=O)[C@@H]13)c1ccccc1. The number of fused-ring (bicyclic) bond motifs is 1. The summed E-state index contributed by atoms with van der Waals surface area (Å²) in [6.45, 7) is 9.52. The largest absolute Gasteiger partial charge is 0.455 e. The lowest BCUT2D eigenvalue weighted by molar-refractivity contribution is -0.165. The summed E-state index contributed by atoms with van der Waals surface area (Å²) in [5.41, 5.74) is 1.09. The molecule has 2 bridgehead atoms. The van der Waals surface area contributed by atoms with Gasteiger partial charge in [-0.1, -0.05) is 119 Å². The van der Waals surface area contributed by atoms with Crippen molar-refractivity contribution in [2.75, 3.05) is 20.2 Å². The van der Waals surface area contributed by atoms with Gasteiger partial charge in [-0.15, -0.1) is 13.2 Å². The first kappa shape index (κ1) is 40.1. The number of benzene rings is 3. The van der Waals surface area contributed by atoms with Crippen LogP contribution >= 0.6 is 15.9 Å². The minimum absolute atomic E-state index is 0.122. The van der Waals surface area contributed by atoms with E-state index in [1.165, 1.54) is 4.90 Å². The van der Waals surface area contributed by atoms with Gasteiger partial charge in [0.25, 0.3) is 0 Å². The van der Waals surface area contributed by atoms with Crippen LogP contribution < -0.4 is 0 Å². The lowest BCUT2D eigenvalue weighted by Gasteiger charge is -2.39. The maximum atomic E-state index is 15.1. The van der Waals surface area contributed by atoms with E-state index in [9.17, 15) is 14.7 Å². The Morgan fingerprint density at radius 3 is 2.22 bits per heavy atom. The van der Waals surface area contributed by atoms with Crippen LogP contribution in [0.25, 0.3) is 0 Å². The molecule has 0 aromatic heterocycles. The molecule has 3 aromatic carbocycles. The Kier molecular flexibility index (Phi) is 12.7. The van der Waals surface area contributed by atoms with Gasteiger partial charge in [0.2, 0.25) is 17.7 Å². The average molecular weight is 813 g/mol. The Labute approximate surface area is 331 Å². The number of amides is 3. The molecule has 3 aliphatic rings. The highest BCUT2D eigenvalue weighted by Crippen LogP contribution is 2.61. The van der Waals surface area contributed by atoms with Gasteiger partial charge in [0.1, 0.15) is 17.7 Å². The van der Waals surface area contributed by atoms with Crippen LogP contribution in [0.3, 0.4) is 0 Å². The van der Waals surface area contributed by atoms with Crippen molar-refractivity contribution in [3.8, 4) is 0 Å². The molecule has 290 valence electrons. The second-order valence-corrected chi connectivity index (χ2v) is 15.9. The molecule has 3 aliphatic heterocycles. The van der Waals surface area contributed by atoms with Crippen molar-refractivity contribution in [2.45, 2.75) is 79.9 Å². The Hall–Kier alpha value is -4.58. The predicted octanol–water partition coefficient (Wildman–Crippen LogP) is 5.65. The van der Waals surface area contributed by atoms with Crippen molar-refractivity contribution < 1.29 is 33.8 Å². The van der Waals surface area contributed by atoms with Crippen molar-refractivity contribution in [3.05, 3.63) is 133 Å². The summed E-state index contributed by atoms with van der Waals surface area (Å²) in [5, 5.41) is 10.9. The van der Waals surface area contributed by atoms with Gasteiger partial charge in [-0.25, -0.2) is 0 Å². The fourth-order valence-corrected chi connectivity index (χ4v) is 9.58. The molecule has 3 saturated heterocycles. The lowest BCUT2D eigenvalue weighted by Crippen LogP contribution is -2.59. The molecule has 10 nitrogen and oxygen atoms in total. The number of nitrogens with zero attached hydrogens (tertiary/aromatic N) is 3. The number of allylic oxidation sites excluding steroid dienone is 1. The fraction of sp³-hybridized carbons (Fsp3) is 0.409. The van der Waals surface area contributed by atoms with E-state index in [0.29, 0.717) is 18.4 Å². The number of aliphatic hydroxyl groups excluding tert-OH is 1. The number of ether oxygens (including phenoxy) is 2. The van der Waals surface area contributed by atoms with Crippen LogP contribution in [0, 0.1) is 11.8 Å². The molecule has 9 atom stereocenters. The minimum atomic E-state index is -1.39. The third-order valence-electron chi connectivity index (χ3n) is 11.4. The lowest BCUT2D eigenvalue weighted by atomic mass is 9.70. The quantitative estimate of drug-likeness (QED) is 0.107. The number of esters is 1. The van der Waals surface area contributed by atoms with Gasteiger partial charge in [-0.05, 0) is 42.9 Å². The standard InChI is InChI=1S/C44H50BrN3O7/c1-5-7-23-35(50)46(4)29(3)38(32-21-15-10-16-22-32)54-43(53)36-37-41(51)48(33(28-49)25-30-17-11-8-12-18-30)40(44(37)26-34(45)39(36)55-44)42(52)47(24-6-2)27-31-19-13-9-14-20-31/h5-6,8-22,29,33-34,36-40,49H,1-2,7,23-28H2,3-4H3/t29-,33-,34?,36+,37-,38+,39+,40+,44-/m1/s1. The highest BCUT2D eigenvalue weighted by Gasteiger charge is 2.77. The number of rotatable bonds is 17. The van der Waals surface area contributed by atoms with Crippen LogP contribution in [-0.4, -0.2) is 98.4 Å². The maximum Gasteiger partial charge on any atom is 0.313 e. The van der Waals surface area contributed by atoms with E-state index in [1.54, 1.807) is 29.0 Å². The molecule has 0 aliphatic carbocycles. The maximum absolute atomic E-state index is 15.1. The highest BCUT2D eigenvalue weighted by atomic mass is 79.9. The Balaban J connectivity index is 1.39. The molecule has 11 heteroatoms. The van der Waals surface area contributed by atoms with E-state index >= 15 is 9.59 Å². The molecule has 1 unspecified atom stereocenters. The van der Waals surface area contributed by atoms with Gasteiger partial charge in [0.15, 0.2) is 0 Å². The topological polar surface area (TPSA) is 117 Å². The summed E-state index contributed by atoms with van der Waals surface area (Å²) in [5.74, 6) is -3.68. The van der Waals surface area contributed by atoms with E-state index in [0.717, 1.165) is 11.1 Å². The molecular weight excluding hydrogens is 762 g/mol. The van der Waals surface area contributed by atoms with Crippen LogP contribution in [0.5, 0.6) is 0 Å². The molecule has 0 saturated carbocycles. The number of hydrogen-bond acceptors (Lipinski definition) is 7. The molecule has 1 spiro atoms. The van der Waals surface area contributed by atoms with Gasteiger partial charge < -0.3 is 29.3 Å². The number of likely N-dealkylation sites (N-methyl/N-ethyl adjacent to an activating group) is 1. The first-order chi connectivity index (χ1) is 26.6. The molecule has 3 amide bonds. The molecule has 6 rings (SSSR count). The Bertz CT molecular complexity index is 1850. The van der Waals surface area contributed by atoms with Gasteiger partial charge in [-0.3, -0.25) is 19.2 Å². The Morgan fingerprint density at radius 2 is 1.62 bits per heavy atom. The molecular formula is C44H50BrN3O7. The first-order valence-corrected chi connectivity index (χ1v) is 19.8. The average Bonchev–Trinajstić information content (AvgIpc) is 3.81. The molecule has 55 heavy (non-hydrogen) atoms. The summed E-state index contributed by atoms with van der Waals surface area (Å²) in [6, 6.07) is 25.8. The van der Waals surface area contributed by atoms with Crippen molar-refractivity contribution in [1.29, 1.82) is 0 Å². The zero-order valence-corrected chi connectivity index (χ0v) is 33.0. The first-order valence-electron chi connectivity index (χ1n) is 18.9. The Morgan fingerprint density at radius 1 is 1.00 bits per heavy atom. The summed E-state index contributed by atoms with van der Waals surface area (Å²) in [4.78, 5) is 62.4. The number of hydrogen-bond donors (Lipinski definition) is 1. The molecule has 3 fully saturated rings. The molecule has 0 radical (unpaired) electrons. The van der Waals surface area contributed by atoms with Crippen molar-refractivity contribution in [3.63, 3.8) is 0 Å². The smallest absolute Gasteiger partial charge is 0.313 e. The van der Waals surface area contributed by atoms with Gasteiger partial charge in [0.05, 0.1) is 36.6 Å². The van der Waals surface area contributed by atoms with Crippen LogP contribution in [0.1, 0.15) is 49.0 Å². The van der Waals surface area contributed by atoms with Crippen LogP contribution in [-0.2, 0) is 41.6 Å². The number of carbonyl (C=O) groups is 4. The summed E-state index contributed by atoms with van der Waals surface area (Å²) < 4.78 is 13.2. The van der Waals surface area contributed by atoms with Crippen LogP contribution in [0.4, 0.5) is 0 Å². The van der Waals surface area contributed by atoms with Crippen LogP contribution in [0.15, 0.2) is 116 Å². The predicted molar refractivity (Wildman–Crippen MR) is 213 cm³/mol. The van der Waals surface area contributed by atoms with Gasteiger partial charge in [0, 0.05) is 31.4 Å². The summed E-state index contributed by atoms with van der Waals surface area (Å²) in [7, 11) is 1.69. The third-order valence-corrected chi connectivity index (χ3v) is 12.2. The van der Waals surface area contributed by atoms with E-state index in [4.69, 9.17) is 9.47 Å². The summed E-state index contributed by atoms with van der Waals surface area (Å²) >= 11 is 3.77. The highest BCUT2D eigenvalue weighted by molar-refractivity contribution is 9.09. The van der Waals surface area contributed by atoms with Gasteiger partial charge in [-0.2, -0.15) is 0 Å². The third kappa shape index (κ3) is 7.92. The van der Waals surface area contributed by atoms with Crippen LogP contribution in [0.2, 0.25) is 0 Å². The molecule has 1 N–H and O–H groups in total.